The van der Waals surface area contributed by atoms with E-state index in [1.807, 2.05) is 6.92 Å². The number of sulfone groups is 1. The van der Waals surface area contributed by atoms with Crippen molar-refractivity contribution in [3.63, 3.8) is 0 Å². The summed E-state index contributed by atoms with van der Waals surface area (Å²) in [5.74, 6) is 0.779. The lowest BCUT2D eigenvalue weighted by Crippen LogP contribution is -2.39. The fraction of sp³-hybridized carbons (Fsp3) is 0.933. The molecule has 2 N–H and O–H groups in total. The lowest BCUT2D eigenvalue weighted by Gasteiger charge is -2.12. The lowest BCUT2D eigenvalue weighted by molar-refractivity contribution is 0.0424. The van der Waals surface area contributed by atoms with Crippen LogP contribution in [0.2, 0.25) is 0 Å². The Labute approximate surface area is 145 Å². The van der Waals surface area contributed by atoms with Crippen molar-refractivity contribution in [3.8, 4) is 0 Å². The van der Waals surface area contributed by atoms with Crippen LogP contribution in [0.3, 0.4) is 0 Å². The van der Waals surface area contributed by atoms with Crippen LogP contribution in [0.15, 0.2) is 4.99 Å². The molecule has 1 atom stereocenters. The fourth-order valence-electron chi connectivity index (χ4n) is 2.05. The number of nitrogens with one attached hydrogen (secondary N) is 2. The highest BCUT2D eigenvalue weighted by Crippen LogP contribution is 2.07. The van der Waals surface area contributed by atoms with E-state index in [2.05, 4.69) is 15.6 Å². The van der Waals surface area contributed by atoms with E-state index in [-0.39, 0.29) is 18.5 Å². The smallest absolute Gasteiger partial charge is 0.191 e. The van der Waals surface area contributed by atoms with E-state index >= 15 is 0 Å². The van der Waals surface area contributed by atoms with Gasteiger partial charge in [-0.2, -0.15) is 0 Å². The van der Waals surface area contributed by atoms with Gasteiger partial charge in [0.1, 0.15) is 9.84 Å². The minimum Gasteiger partial charge on any atom is -0.379 e. The minimum atomic E-state index is -2.96. The van der Waals surface area contributed by atoms with E-state index < -0.39 is 9.84 Å². The van der Waals surface area contributed by atoms with Crippen molar-refractivity contribution in [2.24, 2.45) is 4.99 Å². The van der Waals surface area contributed by atoms with Crippen LogP contribution in [0.4, 0.5) is 0 Å². The van der Waals surface area contributed by atoms with Crippen LogP contribution < -0.4 is 10.6 Å². The molecule has 0 spiro atoms. The number of hydrogen-bond donors (Lipinski definition) is 2. The van der Waals surface area contributed by atoms with Gasteiger partial charge >= 0.3 is 0 Å². The molecule has 1 rings (SSSR count). The van der Waals surface area contributed by atoms with Gasteiger partial charge in [0.15, 0.2) is 5.96 Å². The molecule has 1 fully saturated rings. The second-order valence-electron chi connectivity index (χ2n) is 5.64. The average Bonchev–Trinajstić information content (AvgIpc) is 3.02. The Bertz CT molecular complexity index is 450. The van der Waals surface area contributed by atoms with Crippen molar-refractivity contribution in [1.82, 2.24) is 10.6 Å². The molecule has 142 valence electrons. The first-order valence-corrected chi connectivity index (χ1v) is 10.5. The highest BCUT2D eigenvalue weighted by molar-refractivity contribution is 7.90. The second kappa shape index (κ2) is 12.5. The number of hydrogen-bond acceptors (Lipinski definition) is 6. The molecule has 0 aromatic heterocycles. The molecule has 1 heterocycles. The van der Waals surface area contributed by atoms with Gasteiger partial charge in [0.2, 0.25) is 0 Å². The average molecular weight is 365 g/mol. The third-order valence-corrected chi connectivity index (χ3v) is 4.20. The van der Waals surface area contributed by atoms with E-state index in [1.165, 1.54) is 6.26 Å². The zero-order valence-corrected chi connectivity index (χ0v) is 15.6. The Morgan fingerprint density at radius 1 is 1.29 bits per heavy atom. The van der Waals surface area contributed by atoms with Crippen LogP contribution in [0.25, 0.3) is 0 Å². The Morgan fingerprint density at radius 3 is 2.79 bits per heavy atom. The molecule has 0 radical (unpaired) electrons. The topological polar surface area (TPSA) is 98.2 Å². The molecule has 0 aliphatic carbocycles. The zero-order chi connectivity index (χ0) is 17.7. The largest absolute Gasteiger partial charge is 0.379 e. The molecular weight excluding hydrogens is 334 g/mol. The van der Waals surface area contributed by atoms with Crippen molar-refractivity contribution >= 4 is 15.8 Å². The zero-order valence-electron chi connectivity index (χ0n) is 14.8. The van der Waals surface area contributed by atoms with Gasteiger partial charge in [-0.1, -0.05) is 0 Å². The molecule has 0 aromatic rings. The second-order valence-corrected chi connectivity index (χ2v) is 7.90. The van der Waals surface area contributed by atoms with E-state index in [9.17, 15) is 8.42 Å². The third-order valence-electron chi connectivity index (χ3n) is 3.30. The predicted octanol–water partition coefficient (Wildman–Crippen LogP) is -0.202. The van der Waals surface area contributed by atoms with Crippen molar-refractivity contribution in [3.05, 3.63) is 0 Å². The van der Waals surface area contributed by atoms with Crippen molar-refractivity contribution < 1.29 is 22.6 Å². The van der Waals surface area contributed by atoms with Crippen LogP contribution in [0.1, 0.15) is 19.8 Å². The van der Waals surface area contributed by atoms with Gasteiger partial charge in [-0.3, -0.25) is 4.99 Å². The van der Waals surface area contributed by atoms with E-state index in [1.54, 1.807) is 0 Å². The molecule has 0 aromatic carbocycles. The summed E-state index contributed by atoms with van der Waals surface area (Å²) in [7, 11) is -2.96. The number of ether oxygens (including phenoxy) is 3. The highest BCUT2D eigenvalue weighted by atomic mass is 32.2. The fourth-order valence-corrected chi connectivity index (χ4v) is 2.47. The van der Waals surface area contributed by atoms with E-state index in [0.29, 0.717) is 32.9 Å². The summed E-state index contributed by atoms with van der Waals surface area (Å²) in [5, 5.41) is 6.31. The van der Waals surface area contributed by atoms with Gasteiger partial charge in [-0.15, -0.1) is 0 Å². The van der Waals surface area contributed by atoms with Crippen molar-refractivity contribution in [2.45, 2.75) is 25.9 Å². The Morgan fingerprint density at radius 2 is 2.12 bits per heavy atom. The first-order chi connectivity index (χ1) is 11.5. The summed E-state index contributed by atoms with van der Waals surface area (Å²) in [5.41, 5.74) is 0. The molecule has 0 saturated carbocycles. The summed E-state index contributed by atoms with van der Waals surface area (Å²) in [4.78, 5) is 4.47. The van der Waals surface area contributed by atoms with Gasteiger partial charge in [0, 0.05) is 39.1 Å². The van der Waals surface area contributed by atoms with Crippen molar-refractivity contribution in [2.75, 3.05) is 64.7 Å². The molecular formula is C15H31N3O5S. The molecule has 24 heavy (non-hydrogen) atoms. The molecule has 1 aliphatic rings. The van der Waals surface area contributed by atoms with Gasteiger partial charge < -0.3 is 24.8 Å². The predicted molar refractivity (Wildman–Crippen MR) is 94.3 cm³/mol. The van der Waals surface area contributed by atoms with Gasteiger partial charge in [-0.05, 0) is 19.8 Å². The maximum Gasteiger partial charge on any atom is 0.191 e. The van der Waals surface area contributed by atoms with Gasteiger partial charge in [-0.25, -0.2) is 8.42 Å². The third kappa shape index (κ3) is 11.6. The number of guanidine groups is 1. The number of nitrogens with zero attached hydrogens (tertiary/aromatic N) is 1. The van der Waals surface area contributed by atoms with Crippen LogP contribution in [-0.2, 0) is 24.0 Å². The van der Waals surface area contributed by atoms with Crippen LogP contribution in [-0.4, -0.2) is 85.2 Å². The van der Waals surface area contributed by atoms with Crippen LogP contribution >= 0.6 is 0 Å². The molecule has 1 unspecified atom stereocenters. The van der Waals surface area contributed by atoms with E-state index in [0.717, 1.165) is 32.0 Å². The Balaban J connectivity index is 2.08. The normalized spacial score (nSPS) is 18.8. The molecule has 1 saturated heterocycles. The number of aliphatic imine (C=N–C) groups is 1. The number of rotatable bonds is 12. The summed E-state index contributed by atoms with van der Waals surface area (Å²) in [6.45, 7) is 6.87. The summed E-state index contributed by atoms with van der Waals surface area (Å²) in [6, 6.07) is 0. The Kier molecular flexibility index (Phi) is 11.0. The summed E-state index contributed by atoms with van der Waals surface area (Å²) < 4.78 is 38.2. The molecule has 0 bridgehead atoms. The van der Waals surface area contributed by atoms with Crippen LogP contribution in [0, 0.1) is 0 Å². The van der Waals surface area contributed by atoms with E-state index in [4.69, 9.17) is 14.2 Å². The summed E-state index contributed by atoms with van der Waals surface area (Å²) >= 11 is 0. The molecule has 9 heteroatoms. The maximum absolute atomic E-state index is 11.0. The standard InChI is InChI=1S/C15H31N3O5S/c1-3-16-15(18-7-10-21-11-12-24(2,19)20)17-6-4-8-23-14-5-9-22-13-14/h14H,3-13H2,1-2H3,(H2,16,17,18). The molecule has 1 aliphatic heterocycles. The lowest BCUT2D eigenvalue weighted by atomic mass is 10.3. The Hall–Kier alpha value is -0.900. The van der Waals surface area contributed by atoms with Crippen molar-refractivity contribution in [1.29, 1.82) is 0 Å². The van der Waals surface area contributed by atoms with Crippen LogP contribution in [0.5, 0.6) is 0 Å². The monoisotopic (exact) mass is 365 g/mol. The molecule has 8 nitrogen and oxygen atoms in total. The highest BCUT2D eigenvalue weighted by Gasteiger charge is 2.15. The summed E-state index contributed by atoms with van der Waals surface area (Å²) in [6.07, 6.45) is 3.28. The van der Waals surface area contributed by atoms with Gasteiger partial charge in [0.05, 0.1) is 31.7 Å². The quantitative estimate of drug-likeness (QED) is 0.281. The van der Waals surface area contributed by atoms with Gasteiger partial charge in [0.25, 0.3) is 0 Å². The maximum atomic E-state index is 11.0. The first kappa shape index (κ1) is 21.1. The molecule has 0 amide bonds. The minimum absolute atomic E-state index is 0.0488. The first-order valence-electron chi connectivity index (χ1n) is 8.48. The SMILES string of the molecule is CCNC(=NCCCOC1CCOC1)NCCOCCS(C)(=O)=O.